The standard InChI is InChI=1S/C22H24FN3O6S/c23-16-5-7-17(8-6-16)33(29,30)24-10-9-21(27)25-11-13-26(14-12-25)22(28)20-15-31-18-3-1-2-4-19(18)32-20/h1-8,20,24H,9-15H2/t20-/m1/s1. The molecule has 0 radical (unpaired) electrons. The SMILES string of the molecule is O=C(CCNS(=O)(=O)c1ccc(F)cc1)N1CCN(C(=O)[C@H]2COc3ccccc3O2)CC1. The van der Waals surface area contributed by atoms with Crippen LogP contribution in [0.3, 0.4) is 0 Å². The fourth-order valence-corrected chi connectivity index (χ4v) is 4.70. The van der Waals surface area contributed by atoms with Gasteiger partial charge in [-0.25, -0.2) is 17.5 Å². The van der Waals surface area contributed by atoms with Gasteiger partial charge in [0.25, 0.3) is 5.91 Å². The number of sulfonamides is 1. The molecular formula is C22H24FN3O6S. The number of benzene rings is 2. The van der Waals surface area contributed by atoms with Crippen molar-refractivity contribution in [2.45, 2.75) is 17.4 Å². The van der Waals surface area contributed by atoms with E-state index in [1.54, 1.807) is 28.0 Å². The molecule has 0 aromatic heterocycles. The molecule has 2 aliphatic rings. The number of nitrogens with one attached hydrogen (secondary N) is 1. The van der Waals surface area contributed by atoms with Crippen LogP contribution in [0.2, 0.25) is 0 Å². The zero-order valence-electron chi connectivity index (χ0n) is 17.8. The summed E-state index contributed by atoms with van der Waals surface area (Å²) in [6.45, 7) is 1.45. The maximum absolute atomic E-state index is 13.0. The molecule has 2 aromatic carbocycles. The minimum atomic E-state index is -3.82. The van der Waals surface area contributed by atoms with Crippen molar-refractivity contribution in [2.75, 3.05) is 39.3 Å². The highest BCUT2D eigenvalue weighted by Crippen LogP contribution is 2.31. The maximum atomic E-state index is 13.0. The van der Waals surface area contributed by atoms with E-state index in [4.69, 9.17) is 9.47 Å². The average Bonchev–Trinajstić information content (AvgIpc) is 2.83. The summed E-state index contributed by atoms with van der Waals surface area (Å²) in [6.07, 6.45) is -0.756. The normalized spacial score (nSPS) is 18.2. The summed E-state index contributed by atoms with van der Waals surface area (Å²) in [5.74, 6) is 0.193. The predicted octanol–water partition coefficient (Wildman–Crippen LogP) is 1.00. The lowest BCUT2D eigenvalue weighted by Gasteiger charge is -2.37. The Morgan fingerprint density at radius 1 is 0.970 bits per heavy atom. The first kappa shape index (κ1) is 23.0. The minimum absolute atomic E-state index is 0.0231. The van der Waals surface area contributed by atoms with Gasteiger partial charge in [-0.3, -0.25) is 9.59 Å². The molecule has 33 heavy (non-hydrogen) atoms. The second-order valence-corrected chi connectivity index (χ2v) is 9.44. The zero-order valence-corrected chi connectivity index (χ0v) is 18.6. The number of rotatable bonds is 6. The van der Waals surface area contributed by atoms with Crippen molar-refractivity contribution in [1.29, 1.82) is 0 Å². The van der Waals surface area contributed by atoms with Crippen LogP contribution in [0.25, 0.3) is 0 Å². The Balaban J connectivity index is 1.22. The number of piperazine rings is 1. The Kier molecular flexibility index (Phi) is 6.80. The number of amides is 2. The number of halogens is 1. The fraction of sp³-hybridized carbons (Fsp3) is 0.364. The first-order valence-corrected chi connectivity index (χ1v) is 12.0. The average molecular weight is 478 g/mol. The summed E-state index contributed by atoms with van der Waals surface area (Å²) in [6, 6.07) is 11.6. The highest BCUT2D eigenvalue weighted by Gasteiger charge is 2.33. The smallest absolute Gasteiger partial charge is 0.267 e. The number of para-hydroxylation sites is 2. The highest BCUT2D eigenvalue weighted by atomic mass is 32.2. The lowest BCUT2D eigenvalue weighted by molar-refractivity contribution is -0.146. The molecule has 0 saturated carbocycles. The third-order valence-corrected chi connectivity index (χ3v) is 6.96. The van der Waals surface area contributed by atoms with Crippen LogP contribution in [-0.4, -0.2) is 75.5 Å². The fourth-order valence-electron chi connectivity index (χ4n) is 3.67. The molecule has 0 aliphatic carbocycles. The van der Waals surface area contributed by atoms with E-state index in [-0.39, 0.29) is 36.3 Å². The van der Waals surface area contributed by atoms with Gasteiger partial charge >= 0.3 is 0 Å². The quantitative estimate of drug-likeness (QED) is 0.666. The lowest BCUT2D eigenvalue weighted by atomic mass is 10.2. The van der Waals surface area contributed by atoms with Gasteiger partial charge in [-0.2, -0.15) is 0 Å². The maximum Gasteiger partial charge on any atom is 0.267 e. The van der Waals surface area contributed by atoms with E-state index in [2.05, 4.69) is 4.72 Å². The Morgan fingerprint density at radius 2 is 1.61 bits per heavy atom. The van der Waals surface area contributed by atoms with Crippen LogP contribution in [0.5, 0.6) is 11.5 Å². The van der Waals surface area contributed by atoms with E-state index in [9.17, 15) is 22.4 Å². The lowest BCUT2D eigenvalue weighted by Crippen LogP contribution is -2.55. The summed E-state index contributed by atoms with van der Waals surface area (Å²) in [5.41, 5.74) is 0. The van der Waals surface area contributed by atoms with Gasteiger partial charge in [-0.15, -0.1) is 0 Å². The van der Waals surface area contributed by atoms with Gasteiger partial charge in [0.1, 0.15) is 12.4 Å². The van der Waals surface area contributed by atoms with E-state index in [0.717, 1.165) is 24.3 Å². The molecule has 2 amide bonds. The molecule has 176 valence electrons. The van der Waals surface area contributed by atoms with Crippen molar-refractivity contribution in [3.63, 3.8) is 0 Å². The zero-order chi connectivity index (χ0) is 23.4. The summed E-state index contributed by atoms with van der Waals surface area (Å²) >= 11 is 0. The molecule has 9 nitrogen and oxygen atoms in total. The van der Waals surface area contributed by atoms with E-state index in [1.807, 2.05) is 6.07 Å². The summed E-state index contributed by atoms with van der Waals surface area (Å²) < 4.78 is 51.1. The Bertz CT molecular complexity index is 1120. The van der Waals surface area contributed by atoms with Gasteiger partial charge < -0.3 is 19.3 Å². The largest absolute Gasteiger partial charge is 0.485 e. The molecule has 1 N–H and O–H groups in total. The predicted molar refractivity (Wildman–Crippen MR) is 116 cm³/mol. The van der Waals surface area contributed by atoms with Crippen LogP contribution in [-0.2, 0) is 19.6 Å². The van der Waals surface area contributed by atoms with Crippen LogP contribution in [0.4, 0.5) is 4.39 Å². The molecule has 1 atom stereocenters. The molecule has 4 rings (SSSR count). The first-order chi connectivity index (χ1) is 15.8. The molecule has 1 fully saturated rings. The molecule has 2 heterocycles. The summed E-state index contributed by atoms with van der Waals surface area (Å²) in [7, 11) is -3.82. The number of hydrogen-bond donors (Lipinski definition) is 1. The van der Waals surface area contributed by atoms with Crippen LogP contribution in [0, 0.1) is 5.82 Å². The van der Waals surface area contributed by atoms with E-state index in [0.29, 0.717) is 37.7 Å². The Morgan fingerprint density at radius 3 is 2.30 bits per heavy atom. The molecule has 2 aliphatic heterocycles. The number of nitrogens with zero attached hydrogens (tertiary/aromatic N) is 2. The topological polar surface area (TPSA) is 105 Å². The van der Waals surface area contributed by atoms with Gasteiger partial charge in [0.05, 0.1) is 4.90 Å². The number of hydrogen-bond acceptors (Lipinski definition) is 6. The van der Waals surface area contributed by atoms with E-state index < -0.39 is 21.9 Å². The van der Waals surface area contributed by atoms with Crippen LogP contribution in [0.15, 0.2) is 53.4 Å². The second kappa shape index (κ2) is 9.75. The number of ether oxygens (including phenoxy) is 2. The van der Waals surface area contributed by atoms with Gasteiger partial charge in [-0.05, 0) is 36.4 Å². The van der Waals surface area contributed by atoms with Gasteiger partial charge in [-0.1, -0.05) is 12.1 Å². The van der Waals surface area contributed by atoms with Crippen molar-refractivity contribution >= 4 is 21.8 Å². The van der Waals surface area contributed by atoms with E-state index >= 15 is 0 Å². The monoisotopic (exact) mass is 477 g/mol. The van der Waals surface area contributed by atoms with E-state index in [1.165, 1.54) is 0 Å². The van der Waals surface area contributed by atoms with Gasteiger partial charge in [0.15, 0.2) is 11.5 Å². The Labute approximate surface area is 191 Å². The molecule has 2 aromatic rings. The third-order valence-electron chi connectivity index (χ3n) is 5.48. The Hall–Kier alpha value is -3.18. The van der Waals surface area contributed by atoms with Crippen LogP contribution >= 0.6 is 0 Å². The van der Waals surface area contributed by atoms with Crippen molar-refractivity contribution in [3.05, 3.63) is 54.3 Å². The minimum Gasteiger partial charge on any atom is -0.485 e. The van der Waals surface area contributed by atoms with Crippen molar-refractivity contribution in [3.8, 4) is 11.5 Å². The first-order valence-electron chi connectivity index (χ1n) is 10.5. The van der Waals surface area contributed by atoms with Crippen molar-refractivity contribution in [1.82, 2.24) is 14.5 Å². The molecule has 11 heteroatoms. The number of carbonyl (C=O) groups excluding carboxylic acids is 2. The third kappa shape index (κ3) is 5.42. The van der Waals surface area contributed by atoms with Gasteiger partial charge in [0, 0.05) is 39.1 Å². The van der Waals surface area contributed by atoms with Crippen LogP contribution < -0.4 is 14.2 Å². The van der Waals surface area contributed by atoms with Gasteiger partial charge in [0.2, 0.25) is 22.0 Å². The van der Waals surface area contributed by atoms with Crippen LogP contribution in [0.1, 0.15) is 6.42 Å². The number of fused-ring (bicyclic) bond motifs is 1. The molecular weight excluding hydrogens is 453 g/mol. The molecule has 0 unspecified atom stereocenters. The molecule has 0 bridgehead atoms. The van der Waals surface area contributed by atoms with Crippen molar-refractivity contribution in [2.24, 2.45) is 0 Å². The molecule has 0 spiro atoms. The summed E-state index contributed by atoms with van der Waals surface area (Å²) in [4.78, 5) is 28.4. The second-order valence-electron chi connectivity index (χ2n) is 7.67. The molecule has 1 saturated heterocycles. The summed E-state index contributed by atoms with van der Waals surface area (Å²) in [5, 5.41) is 0. The number of carbonyl (C=O) groups is 2. The van der Waals surface area contributed by atoms with Crippen molar-refractivity contribution < 1.29 is 31.9 Å². The highest BCUT2D eigenvalue weighted by molar-refractivity contribution is 7.89.